The van der Waals surface area contributed by atoms with Gasteiger partial charge in [0.2, 0.25) is 6.71 Å². The first kappa shape index (κ1) is 28.6. The molecule has 0 amide bonds. The third-order valence-electron chi connectivity index (χ3n) is 5.18. The molecule has 0 aliphatic carbocycles. The minimum absolute atomic E-state index is 0.0605. The molecule has 0 aromatic heterocycles. The highest BCUT2D eigenvalue weighted by molar-refractivity contribution is 6.85. The Hall–Kier alpha value is -2.68. The maximum atomic E-state index is 14.7. The molecule has 0 radical (unpaired) electrons. The van der Waals surface area contributed by atoms with Gasteiger partial charge in [0.05, 0.1) is 0 Å². The Morgan fingerprint density at radius 3 is 1.11 bits per heavy atom. The Labute approximate surface area is 196 Å². The zero-order valence-corrected chi connectivity index (χ0v) is 19.6. The van der Waals surface area contributed by atoms with Crippen LogP contribution in [0.5, 0.6) is 0 Å². The zero-order valence-electron chi connectivity index (χ0n) is 19.6. The second-order valence-electron chi connectivity index (χ2n) is 10.1. The monoisotopic (exact) mass is 510 g/mol. The van der Waals surface area contributed by atoms with Gasteiger partial charge in [-0.1, -0.05) is 41.5 Å². The summed E-state index contributed by atoms with van der Waals surface area (Å²) in [5.74, 6) is -24.6. The molecule has 35 heavy (non-hydrogen) atoms. The van der Waals surface area contributed by atoms with Crippen LogP contribution in [0.2, 0.25) is 6.32 Å². The fourth-order valence-electron chi connectivity index (χ4n) is 3.29. The number of halogens is 10. The van der Waals surface area contributed by atoms with Crippen LogP contribution in [0.1, 0.15) is 41.5 Å². The Kier molecular flexibility index (Phi) is 7.97. The molecule has 0 heterocycles. The van der Waals surface area contributed by atoms with E-state index >= 15 is 0 Å². The summed E-state index contributed by atoms with van der Waals surface area (Å²) in [6, 6.07) is 0. The van der Waals surface area contributed by atoms with Crippen molar-refractivity contribution in [1.29, 1.82) is 0 Å². The predicted octanol–water partition coefficient (Wildman–Crippen LogP) is 6.86. The Balaban J connectivity index is 3.06. The van der Waals surface area contributed by atoms with E-state index in [1.165, 1.54) is 6.08 Å². The van der Waals surface area contributed by atoms with Gasteiger partial charge < -0.3 is 0 Å². The highest BCUT2D eigenvalue weighted by Gasteiger charge is 2.41. The molecular formula is C24H21BF10. The molecule has 0 nitrogen and oxygen atoms in total. The van der Waals surface area contributed by atoms with Crippen molar-refractivity contribution < 1.29 is 43.9 Å². The maximum Gasteiger partial charge on any atom is 0.230 e. The van der Waals surface area contributed by atoms with Crippen molar-refractivity contribution in [3.63, 3.8) is 0 Å². The summed E-state index contributed by atoms with van der Waals surface area (Å²) in [6.07, 6.45) is 0.606. The molecule has 0 aliphatic rings. The van der Waals surface area contributed by atoms with Crippen molar-refractivity contribution in [2.45, 2.75) is 47.9 Å². The SMILES string of the molecule is CC(C)(C)C=C=C(CB(c1c(F)c(F)c(F)c(F)c1F)c1c(F)c(F)c(F)c(F)c1F)C(C)(C)C. The molecular weight excluding hydrogens is 489 g/mol. The quantitative estimate of drug-likeness (QED) is 0.139. The van der Waals surface area contributed by atoms with E-state index < -0.39 is 93.0 Å². The van der Waals surface area contributed by atoms with Gasteiger partial charge in [0.1, 0.15) is 0 Å². The van der Waals surface area contributed by atoms with Gasteiger partial charge in [0, 0.05) is 10.9 Å². The lowest BCUT2D eigenvalue weighted by Gasteiger charge is -2.26. The summed E-state index contributed by atoms with van der Waals surface area (Å²) in [5.41, 5.74) is -2.09. The van der Waals surface area contributed by atoms with Gasteiger partial charge in [-0.3, -0.25) is 0 Å². The van der Waals surface area contributed by atoms with Gasteiger partial charge in [-0.25, -0.2) is 43.9 Å². The van der Waals surface area contributed by atoms with Crippen LogP contribution >= 0.6 is 0 Å². The van der Waals surface area contributed by atoms with Crippen LogP contribution in [0.3, 0.4) is 0 Å². The maximum absolute atomic E-state index is 14.7. The fourth-order valence-corrected chi connectivity index (χ4v) is 3.29. The number of hydrogen-bond acceptors (Lipinski definition) is 0. The molecule has 0 unspecified atom stereocenters. The van der Waals surface area contributed by atoms with Crippen molar-refractivity contribution in [2.75, 3.05) is 0 Å². The standard InChI is InChI=1S/C24H21BF10/c1-23(2,3)8-7-10(24(4,5)6)9-25(11-13(26)17(30)21(34)18(31)14(11)27)12-15(28)19(32)22(35)20(33)16(12)29/h8H,9H2,1-6H3. The van der Waals surface area contributed by atoms with Crippen LogP contribution < -0.4 is 10.9 Å². The highest BCUT2D eigenvalue weighted by atomic mass is 19.2. The first-order chi connectivity index (χ1) is 15.8. The minimum atomic E-state index is -2.54. The fraction of sp³-hybridized carbons (Fsp3) is 0.375. The van der Waals surface area contributed by atoms with Crippen LogP contribution in [-0.2, 0) is 0 Å². The molecule has 0 spiro atoms. The third-order valence-corrected chi connectivity index (χ3v) is 5.18. The number of hydrogen-bond donors (Lipinski definition) is 0. The Bertz CT molecular complexity index is 1100. The van der Waals surface area contributed by atoms with Gasteiger partial charge in [-0.05, 0) is 28.8 Å². The van der Waals surface area contributed by atoms with Gasteiger partial charge in [0.25, 0.3) is 0 Å². The van der Waals surface area contributed by atoms with Gasteiger partial charge in [0.15, 0.2) is 58.2 Å². The van der Waals surface area contributed by atoms with E-state index in [1.807, 2.05) is 0 Å². The summed E-state index contributed by atoms with van der Waals surface area (Å²) in [6.45, 7) is 7.41. The van der Waals surface area contributed by atoms with Crippen LogP contribution in [0, 0.1) is 69.0 Å². The summed E-state index contributed by atoms with van der Waals surface area (Å²) >= 11 is 0. The van der Waals surface area contributed by atoms with E-state index in [1.54, 1.807) is 41.5 Å². The second kappa shape index (κ2) is 9.76. The van der Waals surface area contributed by atoms with Crippen molar-refractivity contribution in [3.8, 4) is 0 Å². The van der Waals surface area contributed by atoms with E-state index in [0.29, 0.717) is 0 Å². The molecule has 0 N–H and O–H groups in total. The zero-order chi connectivity index (χ0) is 27.2. The molecule has 190 valence electrons. The lowest BCUT2D eigenvalue weighted by Crippen LogP contribution is -2.51. The second-order valence-corrected chi connectivity index (χ2v) is 10.1. The minimum Gasteiger partial charge on any atom is -0.204 e. The summed E-state index contributed by atoms with van der Waals surface area (Å²) in [4.78, 5) is 0. The van der Waals surface area contributed by atoms with Crippen molar-refractivity contribution >= 4 is 17.6 Å². The predicted molar refractivity (Wildman–Crippen MR) is 113 cm³/mol. The van der Waals surface area contributed by atoms with E-state index in [-0.39, 0.29) is 5.57 Å². The Morgan fingerprint density at radius 1 is 0.571 bits per heavy atom. The van der Waals surface area contributed by atoms with Gasteiger partial charge >= 0.3 is 0 Å². The van der Waals surface area contributed by atoms with Crippen LogP contribution in [0.25, 0.3) is 0 Å². The van der Waals surface area contributed by atoms with Crippen molar-refractivity contribution in [2.24, 2.45) is 10.8 Å². The van der Waals surface area contributed by atoms with Crippen LogP contribution in [0.15, 0.2) is 17.4 Å². The number of benzene rings is 2. The highest BCUT2D eigenvalue weighted by Crippen LogP contribution is 2.31. The molecule has 0 saturated heterocycles. The number of rotatable bonds is 4. The molecule has 0 aliphatic heterocycles. The van der Waals surface area contributed by atoms with Gasteiger partial charge in [-0.15, -0.1) is 5.73 Å². The van der Waals surface area contributed by atoms with E-state index in [4.69, 9.17) is 0 Å². The first-order valence-electron chi connectivity index (χ1n) is 10.3. The molecule has 2 aromatic carbocycles. The van der Waals surface area contributed by atoms with Crippen LogP contribution in [0.4, 0.5) is 43.9 Å². The van der Waals surface area contributed by atoms with Gasteiger partial charge in [-0.2, -0.15) is 0 Å². The average molecular weight is 510 g/mol. The summed E-state index contributed by atoms with van der Waals surface area (Å²) in [5, 5.41) is 0. The van der Waals surface area contributed by atoms with Crippen molar-refractivity contribution in [1.82, 2.24) is 0 Å². The summed E-state index contributed by atoms with van der Waals surface area (Å²) in [7, 11) is 0. The molecule has 0 atom stereocenters. The molecule has 11 heteroatoms. The van der Waals surface area contributed by atoms with E-state index in [0.717, 1.165) is 0 Å². The average Bonchev–Trinajstić information content (AvgIpc) is 2.74. The lowest BCUT2D eigenvalue weighted by atomic mass is 9.36. The summed E-state index contributed by atoms with van der Waals surface area (Å²) < 4.78 is 142. The smallest absolute Gasteiger partial charge is 0.204 e. The molecule has 0 bridgehead atoms. The molecule has 2 rings (SSSR count). The molecule has 0 fully saturated rings. The molecule has 2 aromatic rings. The first-order valence-corrected chi connectivity index (χ1v) is 10.3. The normalized spacial score (nSPS) is 12.0. The van der Waals surface area contributed by atoms with Crippen LogP contribution in [-0.4, -0.2) is 6.71 Å². The van der Waals surface area contributed by atoms with E-state index in [2.05, 4.69) is 5.73 Å². The topological polar surface area (TPSA) is 0 Å². The van der Waals surface area contributed by atoms with Crippen molar-refractivity contribution in [3.05, 3.63) is 75.6 Å². The Morgan fingerprint density at radius 2 is 0.857 bits per heavy atom. The molecule has 0 saturated carbocycles. The lowest BCUT2D eigenvalue weighted by molar-refractivity contribution is 0.382. The largest absolute Gasteiger partial charge is 0.230 e. The third kappa shape index (κ3) is 5.61. The number of allylic oxidation sites excluding steroid dienone is 1. The van der Waals surface area contributed by atoms with E-state index in [9.17, 15) is 43.9 Å².